The lowest BCUT2D eigenvalue weighted by Crippen LogP contribution is -2.13. The van der Waals surface area contributed by atoms with Crippen LogP contribution in [0, 0.1) is 28.8 Å². The molecule has 3 rings (SSSR count). The number of hydrogen-bond donors (Lipinski definition) is 3. The Morgan fingerprint density at radius 2 is 1.96 bits per heavy atom. The van der Waals surface area contributed by atoms with Crippen molar-refractivity contribution in [3.05, 3.63) is 79.7 Å². The first-order valence-electron chi connectivity index (χ1n) is 7.94. The molecule has 0 unspecified atom stereocenters. The third-order valence-electron chi connectivity index (χ3n) is 4.04. The van der Waals surface area contributed by atoms with Crippen LogP contribution >= 0.6 is 12.2 Å². The van der Waals surface area contributed by atoms with Gasteiger partial charge in [-0.15, -0.1) is 0 Å². The molecule has 0 radical (unpaired) electrons. The van der Waals surface area contributed by atoms with Gasteiger partial charge in [0.2, 0.25) is 0 Å². The first-order valence-corrected chi connectivity index (χ1v) is 8.35. The Labute approximate surface area is 159 Å². The van der Waals surface area contributed by atoms with Crippen LogP contribution in [0.1, 0.15) is 22.4 Å². The summed E-state index contributed by atoms with van der Waals surface area (Å²) in [5, 5.41) is 18.8. The lowest BCUT2D eigenvalue weighted by molar-refractivity contribution is 0.429. The highest BCUT2D eigenvalue weighted by Gasteiger charge is 2.10. The number of phenols is 1. The van der Waals surface area contributed by atoms with Gasteiger partial charge >= 0.3 is 0 Å². The van der Waals surface area contributed by atoms with Gasteiger partial charge in [-0.2, -0.15) is 5.26 Å². The number of aromatic nitrogens is 2. The summed E-state index contributed by atoms with van der Waals surface area (Å²) in [5.41, 5.74) is 2.14. The van der Waals surface area contributed by atoms with E-state index < -0.39 is 11.4 Å². The number of rotatable bonds is 3. The van der Waals surface area contributed by atoms with Crippen LogP contribution in [0.2, 0.25) is 0 Å². The van der Waals surface area contributed by atoms with Crippen molar-refractivity contribution < 1.29 is 9.50 Å². The van der Waals surface area contributed by atoms with Crippen molar-refractivity contribution in [2.24, 2.45) is 0 Å². The molecule has 27 heavy (non-hydrogen) atoms. The minimum Gasteiger partial charge on any atom is -0.505 e. The second kappa shape index (κ2) is 7.40. The maximum Gasteiger partial charge on any atom is 0.270 e. The quantitative estimate of drug-likeness (QED) is 0.592. The fourth-order valence-corrected chi connectivity index (χ4v) is 2.91. The van der Waals surface area contributed by atoms with Crippen LogP contribution in [0.3, 0.4) is 0 Å². The van der Waals surface area contributed by atoms with Crippen LogP contribution in [0.5, 0.6) is 5.75 Å². The summed E-state index contributed by atoms with van der Waals surface area (Å²) in [5.74, 6) is -1.07. The highest BCUT2D eigenvalue weighted by Crippen LogP contribution is 2.31. The van der Waals surface area contributed by atoms with Crippen molar-refractivity contribution in [3.63, 3.8) is 0 Å². The maximum absolute atomic E-state index is 13.9. The maximum atomic E-state index is 13.9. The molecule has 0 bridgehead atoms. The third-order valence-corrected chi connectivity index (χ3v) is 4.24. The SMILES string of the molecule is Cc1cc(-c2ccccc2/C=C/c2[nH]c(=S)[nH]c(=O)c2C#N)cc(F)c1O. The first-order chi connectivity index (χ1) is 12.9. The Morgan fingerprint density at radius 3 is 2.67 bits per heavy atom. The number of nitriles is 1. The third kappa shape index (κ3) is 3.71. The van der Waals surface area contributed by atoms with Crippen LogP contribution < -0.4 is 5.56 Å². The molecule has 0 aliphatic heterocycles. The molecule has 3 N–H and O–H groups in total. The fraction of sp³-hybridized carbons (Fsp3) is 0.0500. The topological polar surface area (TPSA) is 92.7 Å². The van der Waals surface area contributed by atoms with Gasteiger partial charge in [0.15, 0.2) is 16.3 Å². The van der Waals surface area contributed by atoms with E-state index in [2.05, 4.69) is 9.97 Å². The molecule has 3 aromatic rings. The molecular formula is C20H14FN3O2S. The Bertz CT molecular complexity index is 1200. The molecular weight excluding hydrogens is 365 g/mol. The van der Waals surface area contributed by atoms with Crippen molar-refractivity contribution in [2.45, 2.75) is 6.92 Å². The minimum absolute atomic E-state index is 0.0798. The van der Waals surface area contributed by atoms with Crippen molar-refractivity contribution in [2.75, 3.05) is 0 Å². The van der Waals surface area contributed by atoms with E-state index in [1.807, 2.05) is 30.3 Å². The summed E-state index contributed by atoms with van der Waals surface area (Å²) in [6, 6.07) is 12.1. The zero-order valence-electron chi connectivity index (χ0n) is 14.2. The molecule has 0 atom stereocenters. The summed E-state index contributed by atoms with van der Waals surface area (Å²) in [7, 11) is 0. The largest absolute Gasteiger partial charge is 0.505 e. The number of benzene rings is 2. The lowest BCUT2D eigenvalue weighted by Gasteiger charge is -2.09. The predicted molar refractivity (Wildman–Crippen MR) is 104 cm³/mol. The van der Waals surface area contributed by atoms with E-state index in [1.54, 1.807) is 25.1 Å². The van der Waals surface area contributed by atoms with Crippen molar-refractivity contribution in [1.82, 2.24) is 9.97 Å². The Morgan fingerprint density at radius 1 is 1.22 bits per heavy atom. The normalized spacial score (nSPS) is 10.9. The molecule has 134 valence electrons. The monoisotopic (exact) mass is 379 g/mol. The molecule has 0 fully saturated rings. The van der Waals surface area contributed by atoms with Gasteiger partial charge < -0.3 is 10.1 Å². The summed E-state index contributed by atoms with van der Waals surface area (Å²) in [4.78, 5) is 17.0. The zero-order chi connectivity index (χ0) is 19.6. The van der Waals surface area contributed by atoms with Crippen LogP contribution in [0.25, 0.3) is 23.3 Å². The first kappa shape index (κ1) is 18.3. The average molecular weight is 379 g/mol. The Balaban J connectivity index is 2.12. The molecule has 0 amide bonds. The number of phenolic OH excluding ortho intramolecular Hbond substituents is 1. The van der Waals surface area contributed by atoms with Gasteiger partial charge in [-0.1, -0.05) is 30.3 Å². The van der Waals surface area contributed by atoms with Crippen molar-refractivity contribution >= 4 is 24.4 Å². The number of aromatic hydroxyl groups is 1. The number of aromatic amines is 2. The summed E-state index contributed by atoms with van der Waals surface area (Å²) in [6.07, 6.45) is 3.28. The molecule has 0 saturated carbocycles. The van der Waals surface area contributed by atoms with Crippen LogP contribution in [0.15, 0.2) is 41.2 Å². The summed E-state index contributed by atoms with van der Waals surface area (Å²) in [6.45, 7) is 1.62. The number of nitrogens with zero attached hydrogens (tertiary/aromatic N) is 1. The average Bonchev–Trinajstić information content (AvgIpc) is 2.64. The van der Waals surface area contributed by atoms with Crippen LogP contribution in [0.4, 0.5) is 4.39 Å². The number of aryl methyl sites for hydroxylation is 1. The van der Waals surface area contributed by atoms with Gasteiger partial charge in [0.05, 0.1) is 5.69 Å². The van der Waals surface area contributed by atoms with Gasteiger partial charge in [-0.3, -0.25) is 9.78 Å². The smallest absolute Gasteiger partial charge is 0.270 e. The van der Waals surface area contributed by atoms with Crippen LogP contribution in [-0.4, -0.2) is 15.1 Å². The molecule has 5 nitrogen and oxygen atoms in total. The summed E-state index contributed by atoms with van der Waals surface area (Å²) < 4.78 is 14.1. The van der Waals surface area contributed by atoms with Gasteiger partial charge in [-0.05, 0) is 59.6 Å². The fourth-order valence-electron chi connectivity index (χ4n) is 2.71. The number of H-pyrrole nitrogens is 2. The molecule has 1 heterocycles. The van der Waals surface area contributed by atoms with E-state index >= 15 is 0 Å². The van der Waals surface area contributed by atoms with Crippen molar-refractivity contribution in [1.29, 1.82) is 5.26 Å². The standard InChI is InChI=1S/C20H14FN3O2S/c1-11-8-13(9-16(21)18(11)25)14-5-3-2-4-12(14)6-7-17-15(10-22)19(26)24-20(27)23-17/h2-9,25H,1H3,(H2,23,24,26,27)/b7-6+. The van der Waals surface area contributed by atoms with E-state index in [0.29, 0.717) is 11.1 Å². The number of nitrogens with one attached hydrogen (secondary N) is 2. The second-order valence-corrected chi connectivity index (χ2v) is 6.26. The Hall–Kier alpha value is -3.50. The highest BCUT2D eigenvalue weighted by atomic mass is 32.1. The summed E-state index contributed by atoms with van der Waals surface area (Å²) >= 11 is 4.95. The molecule has 1 aromatic heterocycles. The van der Waals surface area contributed by atoms with E-state index in [4.69, 9.17) is 12.2 Å². The lowest BCUT2D eigenvalue weighted by atomic mass is 9.97. The second-order valence-electron chi connectivity index (χ2n) is 5.85. The van der Waals surface area contributed by atoms with Gasteiger partial charge in [-0.25, -0.2) is 4.39 Å². The molecule has 0 aliphatic carbocycles. The van der Waals surface area contributed by atoms with E-state index in [9.17, 15) is 19.6 Å². The zero-order valence-corrected chi connectivity index (χ0v) is 15.0. The molecule has 2 aromatic carbocycles. The Kier molecular flexibility index (Phi) is 5.01. The van der Waals surface area contributed by atoms with Gasteiger partial charge in [0.1, 0.15) is 11.6 Å². The number of halogens is 1. The minimum atomic E-state index is -0.700. The van der Waals surface area contributed by atoms with Crippen molar-refractivity contribution in [3.8, 4) is 22.9 Å². The molecule has 0 aliphatic rings. The van der Waals surface area contributed by atoms with E-state index in [1.165, 1.54) is 6.07 Å². The van der Waals surface area contributed by atoms with E-state index in [-0.39, 0.29) is 21.8 Å². The highest BCUT2D eigenvalue weighted by molar-refractivity contribution is 7.71. The molecule has 7 heteroatoms. The predicted octanol–water partition coefficient (Wildman–Crippen LogP) is 4.29. The van der Waals surface area contributed by atoms with Gasteiger partial charge in [0, 0.05) is 0 Å². The van der Waals surface area contributed by atoms with Crippen LogP contribution in [-0.2, 0) is 0 Å². The van der Waals surface area contributed by atoms with E-state index in [0.717, 1.165) is 11.1 Å². The van der Waals surface area contributed by atoms with Gasteiger partial charge in [0.25, 0.3) is 5.56 Å². The number of hydrogen-bond acceptors (Lipinski definition) is 4. The molecule has 0 spiro atoms. The molecule has 0 saturated heterocycles.